The Morgan fingerprint density at radius 2 is 1.79 bits per heavy atom. The van der Waals surface area contributed by atoms with E-state index in [9.17, 15) is 31.2 Å². The lowest BCUT2D eigenvalue weighted by Gasteiger charge is -2.20. The monoisotopic (exact) mass is 538 g/mol. The van der Waals surface area contributed by atoms with E-state index in [0.29, 0.717) is 9.26 Å². The number of anilines is 1. The number of hydrogen-bond donors (Lipinski definition) is 2. The molecule has 0 saturated heterocycles. The van der Waals surface area contributed by atoms with Gasteiger partial charge in [-0.05, 0) is 61.6 Å². The van der Waals surface area contributed by atoms with Crippen molar-refractivity contribution in [2.45, 2.75) is 31.9 Å². The highest BCUT2D eigenvalue weighted by molar-refractivity contribution is 14.1. The molecule has 0 spiro atoms. The van der Waals surface area contributed by atoms with Crippen LogP contribution in [0.3, 0.4) is 0 Å². The molecule has 2 N–H and O–H groups in total. The van der Waals surface area contributed by atoms with E-state index in [4.69, 9.17) is 9.47 Å². The van der Waals surface area contributed by atoms with Gasteiger partial charge in [0.15, 0.2) is 0 Å². The number of amides is 1. The number of carbonyl (C=O) groups excluding carboxylic acids is 2. The molecule has 158 valence electrons. The van der Waals surface area contributed by atoms with Gasteiger partial charge in [-0.15, -0.1) is 0 Å². The summed E-state index contributed by atoms with van der Waals surface area (Å²) < 4.78 is 69.6. The maximum absolute atomic E-state index is 12.1. The van der Waals surface area contributed by atoms with Crippen molar-refractivity contribution in [2.75, 3.05) is 18.5 Å². The molecule has 0 radical (unpaired) electrons. The number of benzene rings is 1. The number of sulfonamides is 1. The van der Waals surface area contributed by atoms with Gasteiger partial charge < -0.3 is 9.47 Å². The van der Waals surface area contributed by atoms with Crippen molar-refractivity contribution in [1.82, 2.24) is 4.72 Å². The fraction of sp³-hybridized carbons (Fsp3) is 0.467. The highest BCUT2D eigenvalue weighted by Crippen LogP contribution is 2.22. The lowest BCUT2D eigenvalue weighted by Crippen LogP contribution is -2.38. The molecule has 0 aliphatic rings. The third-order valence-electron chi connectivity index (χ3n) is 2.77. The number of carbonyl (C=O) groups is 2. The van der Waals surface area contributed by atoms with Crippen LogP contribution in [0.2, 0.25) is 0 Å². The average molecular weight is 538 g/mol. The predicted molar refractivity (Wildman–Crippen MR) is 102 cm³/mol. The van der Waals surface area contributed by atoms with Gasteiger partial charge in [-0.1, -0.05) is 0 Å². The van der Waals surface area contributed by atoms with Crippen LogP contribution < -0.4 is 10.0 Å². The number of hydrogen-bond acceptors (Lipinski definition) is 6. The summed E-state index contributed by atoms with van der Waals surface area (Å²) in [5, 5.41) is 2.51. The zero-order chi connectivity index (χ0) is 21.8. The van der Waals surface area contributed by atoms with Gasteiger partial charge in [-0.25, -0.2) is 22.7 Å². The minimum absolute atomic E-state index is 0.0674. The van der Waals surface area contributed by atoms with E-state index in [1.807, 2.05) is 22.6 Å². The summed E-state index contributed by atoms with van der Waals surface area (Å²) in [7, 11) is -5.49. The van der Waals surface area contributed by atoms with Gasteiger partial charge in [0.1, 0.15) is 12.2 Å². The Balaban J connectivity index is 2.61. The van der Waals surface area contributed by atoms with E-state index in [0.717, 1.165) is 0 Å². The summed E-state index contributed by atoms with van der Waals surface area (Å²) in [6, 6.07) is 4.14. The molecule has 1 amide bonds. The average Bonchev–Trinajstić information content (AvgIpc) is 2.50. The van der Waals surface area contributed by atoms with Crippen LogP contribution in [0.5, 0.6) is 0 Å². The van der Waals surface area contributed by atoms with Crippen LogP contribution in [0.1, 0.15) is 31.1 Å². The molecule has 1 aromatic rings. The van der Waals surface area contributed by atoms with Crippen LogP contribution in [0.4, 0.5) is 23.7 Å². The number of rotatable bonds is 6. The van der Waals surface area contributed by atoms with Crippen LogP contribution in [0.15, 0.2) is 18.2 Å². The van der Waals surface area contributed by atoms with Crippen LogP contribution >= 0.6 is 22.6 Å². The molecule has 0 heterocycles. The molecule has 8 nitrogen and oxygen atoms in total. The maximum atomic E-state index is 12.1. The first-order valence-corrected chi connectivity index (χ1v) is 10.2. The molecule has 28 heavy (non-hydrogen) atoms. The highest BCUT2D eigenvalue weighted by atomic mass is 127. The first-order chi connectivity index (χ1) is 12.6. The minimum Gasteiger partial charge on any atom is -0.461 e. The van der Waals surface area contributed by atoms with Crippen LogP contribution in [0, 0.1) is 3.57 Å². The Hall–Kier alpha value is -1.61. The van der Waals surface area contributed by atoms with Gasteiger partial charge in [-0.3, -0.25) is 5.32 Å². The van der Waals surface area contributed by atoms with E-state index in [2.05, 4.69) is 5.32 Å². The van der Waals surface area contributed by atoms with Crippen LogP contribution in [-0.2, 0) is 19.5 Å². The molecule has 0 bridgehead atoms. The van der Waals surface area contributed by atoms with Crippen molar-refractivity contribution in [1.29, 1.82) is 0 Å². The van der Waals surface area contributed by atoms with E-state index in [1.54, 1.807) is 20.8 Å². The first kappa shape index (κ1) is 24.4. The highest BCUT2D eigenvalue weighted by Gasteiger charge is 2.45. The van der Waals surface area contributed by atoms with Crippen molar-refractivity contribution in [3.05, 3.63) is 27.3 Å². The fourth-order valence-corrected chi connectivity index (χ4v) is 2.81. The summed E-state index contributed by atoms with van der Waals surface area (Å²) in [4.78, 5) is 23.7. The van der Waals surface area contributed by atoms with Gasteiger partial charge in [0.2, 0.25) is 0 Å². The molecule has 0 atom stereocenters. The molecule has 0 saturated carbocycles. The first-order valence-electron chi connectivity index (χ1n) is 7.65. The number of nitrogens with one attached hydrogen (secondary N) is 2. The van der Waals surface area contributed by atoms with Crippen LogP contribution in [-0.4, -0.2) is 44.7 Å². The molecule has 0 aliphatic heterocycles. The van der Waals surface area contributed by atoms with E-state index in [1.165, 1.54) is 22.9 Å². The third kappa shape index (κ3) is 7.79. The Morgan fingerprint density at radius 1 is 1.18 bits per heavy atom. The summed E-state index contributed by atoms with van der Waals surface area (Å²) in [6.07, 6.45) is -0.683. The third-order valence-corrected chi connectivity index (χ3v) is 4.86. The number of esters is 1. The normalized spacial score (nSPS) is 12.4. The Kier molecular flexibility index (Phi) is 8.08. The second kappa shape index (κ2) is 9.26. The smallest absolute Gasteiger partial charge is 0.461 e. The van der Waals surface area contributed by atoms with Crippen molar-refractivity contribution in [2.24, 2.45) is 0 Å². The lowest BCUT2D eigenvalue weighted by atomic mass is 10.2. The number of ether oxygens (including phenoxy) is 2. The standard InChI is InChI=1S/C15H18F3IN2O6S/c1-14(2,3)27-13(23)21-11-5-4-9(8-10(11)19)12(22)26-7-6-20-28(24,25)15(16,17)18/h4-5,8,20H,6-7H2,1-3H3,(H,21,23). The summed E-state index contributed by atoms with van der Waals surface area (Å²) in [5.41, 5.74) is -5.68. The van der Waals surface area contributed by atoms with Crippen molar-refractivity contribution < 1.29 is 40.7 Å². The minimum atomic E-state index is -5.49. The molecule has 0 fully saturated rings. The van der Waals surface area contributed by atoms with Crippen molar-refractivity contribution >= 4 is 50.4 Å². The Labute approximate surface area is 173 Å². The summed E-state index contributed by atoms with van der Waals surface area (Å²) in [6.45, 7) is 3.77. The number of alkyl halides is 3. The predicted octanol–water partition coefficient (Wildman–Crippen LogP) is 3.23. The zero-order valence-corrected chi connectivity index (χ0v) is 18.0. The molecule has 0 aliphatic carbocycles. The molecular weight excluding hydrogens is 520 g/mol. The van der Waals surface area contributed by atoms with Gasteiger partial charge in [0.05, 0.1) is 11.3 Å². The van der Waals surface area contributed by atoms with E-state index < -0.39 is 46.3 Å². The molecule has 13 heteroatoms. The molecule has 0 unspecified atom stereocenters. The molecular formula is C15H18F3IN2O6S. The van der Waals surface area contributed by atoms with Crippen LogP contribution in [0.25, 0.3) is 0 Å². The van der Waals surface area contributed by atoms with Gasteiger partial charge in [0, 0.05) is 10.1 Å². The zero-order valence-electron chi connectivity index (χ0n) is 15.0. The lowest BCUT2D eigenvalue weighted by molar-refractivity contribution is -0.0448. The second-order valence-electron chi connectivity index (χ2n) is 6.30. The van der Waals surface area contributed by atoms with Gasteiger partial charge >= 0.3 is 27.6 Å². The molecule has 1 aromatic carbocycles. The van der Waals surface area contributed by atoms with E-state index in [-0.39, 0.29) is 5.56 Å². The Bertz CT molecular complexity index is 837. The van der Waals surface area contributed by atoms with Gasteiger partial charge in [0.25, 0.3) is 0 Å². The molecule has 1 rings (SSSR count). The largest absolute Gasteiger partial charge is 0.511 e. The summed E-state index contributed by atoms with van der Waals surface area (Å²) in [5.74, 6) is -0.868. The number of halogens is 4. The second-order valence-corrected chi connectivity index (χ2v) is 9.22. The van der Waals surface area contributed by atoms with Crippen molar-refractivity contribution in [3.8, 4) is 0 Å². The summed E-state index contributed by atoms with van der Waals surface area (Å²) >= 11 is 1.86. The SMILES string of the molecule is CC(C)(C)OC(=O)Nc1ccc(C(=O)OCCNS(=O)(=O)C(F)(F)F)cc1I. The Morgan fingerprint density at radius 3 is 2.29 bits per heavy atom. The topological polar surface area (TPSA) is 111 Å². The maximum Gasteiger partial charge on any atom is 0.511 e. The van der Waals surface area contributed by atoms with Crippen molar-refractivity contribution in [3.63, 3.8) is 0 Å². The molecule has 0 aromatic heterocycles. The fourth-order valence-electron chi connectivity index (χ4n) is 1.64. The van der Waals surface area contributed by atoms with Gasteiger partial charge in [-0.2, -0.15) is 13.2 Å². The van der Waals surface area contributed by atoms with E-state index >= 15 is 0 Å². The quantitative estimate of drug-likeness (QED) is 0.327.